The zero-order valence-corrected chi connectivity index (χ0v) is 40.7. The van der Waals surface area contributed by atoms with Crippen LogP contribution in [0, 0.1) is 11.3 Å². The molecule has 3 saturated heterocycles. The van der Waals surface area contributed by atoms with Gasteiger partial charge in [0.25, 0.3) is 0 Å². The molecule has 1 aliphatic carbocycles. The summed E-state index contributed by atoms with van der Waals surface area (Å²) in [6.45, 7) is 6.61. The van der Waals surface area contributed by atoms with E-state index in [2.05, 4.69) is 26.9 Å². The maximum absolute atomic E-state index is 15.5. The predicted molar refractivity (Wildman–Crippen MR) is 255 cm³/mol. The lowest BCUT2D eigenvalue weighted by molar-refractivity contribution is -0.231. The molecule has 10 rings (SSSR count). The summed E-state index contributed by atoms with van der Waals surface area (Å²) in [7, 11) is 6.03. The molecular weight excluding hydrogens is 885 g/mol. The third-order valence-corrected chi connectivity index (χ3v) is 17.9. The van der Waals surface area contributed by atoms with Crippen molar-refractivity contribution < 1.29 is 53.4 Å². The van der Waals surface area contributed by atoms with E-state index in [1.54, 1.807) is 7.11 Å². The number of ether oxygens (including phenoxy) is 4. The van der Waals surface area contributed by atoms with Crippen molar-refractivity contribution in [3.05, 3.63) is 70.9 Å². The highest BCUT2D eigenvalue weighted by atomic mass is 16.6. The molecule has 69 heavy (non-hydrogen) atoms. The largest absolute Gasteiger partial charge is 0.496 e. The van der Waals surface area contributed by atoms with Crippen LogP contribution in [-0.2, 0) is 50.6 Å². The van der Waals surface area contributed by atoms with Crippen molar-refractivity contribution >= 4 is 40.4 Å². The van der Waals surface area contributed by atoms with E-state index in [9.17, 15) is 29.7 Å². The van der Waals surface area contributed by atoms with Gasteiger partial charge >= 0.3 is 17.9 Å². The Morgan fingerprint density at radius 1 is 0.957 bits per heavy atom. The lowest BCUT2D eigenvalue weighted by Crippen LogP contribution is -2.81. The minimum Gasteiger partial charge on any atom is -0.496 e. The fourth-order valence-corrected chi connectivity index (χ4v) is 15.1. The van der Waals surface area contributed by atoms with Crippen molar-refractivity contribution in [2.45, 2.75) is 118 Å². The minimum absolute atomic E-state index is 0.148. The van der Waals surface area contributed by atoms with E-state index in [1.807, 2.05) is 62.2 Å². The topological polar surface area (TPSA) is 221 Å². The van der Waals surface area contributed by atoms with Gasteiger partial charge in [-0.2, -0.15) is 0 Å². The van der Waals surface area contributed by atoms with Crippen LogP contribution in [0.25, 0.3) is 10.9 Å². The number of H-pyrrole nitrogens is 1. The summed E-state index contributed by atoms with van der Waals surface area (Å²) in [6.07, 6.45) is 6.02. The van der Waals surface area contributed by atoms with E-state index >= 15 is 4.79 Å². The van der Waals surface area contributed by atoms with E-state index in [-0.39, 0.29) is 25.3 Å². The van der Waals surface area contributed by atoms with E-state index in [1.165, 1.54) is 19.1 Å². The Balaban J connectivity index is 1.20. The summed E-state index contributed by atoms with van der Waals surface area (Å²) in [4.78, 5) is 70.2. The molecule has 7 aliphatic rings. The molecule has 3 aromatic rings. The number of likely N-dealkylation sites (tertiary alicyclic amines) is 1. The smallest absolute Gasteiger partial charge is 0.344 e. The number of piperidine rings is 1. The number of rotatable bonds is 10. The number of hydrogen-bond donors (Lipinski definition) is 5. The number of aromatic amines is 1. The quantitative estimate of drug-likeness (QED) is 0.112. The first kappa shape index (κ1) is 47.6. The van der Waals surface area contributed by atoms with Crippen molar-refractivity contribution in [3.8, 4) is 5.75 Å². The zero-order valence-electron chi connectivity index (χ0n) is 40.7. The number of hydrogen-bond acceptors (Lipinski definition) is 15. The van der Waals surface area contributed by atoms with E-state index in [0.29, 0.717) is 93.9 Å². The lowest BCUT2D eigenvalue weighted by atomic mass is 9.47. The number of para-hydroxylation sites is 1. The maximum Gasteiger partial charge on any atom is 0.344 e. The molecule has 6 aliphatic heterocycles. The molecule has 1 saturated carbocycles. The fourth-order valence-electron chi connectivity index (χ4n) is 15.1. The number of nitrogens with zero attached hydrogens (tertiary/aromatic N) is 4. The van der Waals surface area contributed by atoms with Crippen LogP contribution in [0.4, 0.5) is 5.69 Å². The Morgan fingerprint density at radius 2 is 1.72 bits per heavy atom. The van der Waals surface area contributed by atoms with Crippen LogP contribution < -0.4 is 15.4 Å². The van der Waals surface area contributed by atoms with Gasteiger partial charge < -0.3 is 54.8 Å². The Morgan fingerprint density at radius 3 is 2.43 bits per heavy atom. The number of aromatic nitrogens is 1. The van der Waals surface area contributed by atoms with E-state index in [0.717, 1.165) is 22.0 Å². The molecular formula is C52H68N6O11. The molecule has 1 spiro atoms. The van der Waals surface area contributed by atoms with Gasteiger partial charge in [-0.15, -0.1) is 0 Å². The molecule has 2 bridgehead atoms. The number of carbonyl (C=O) groups is 4. The number of benzene rings is 2. The first-order valence-electron chi connectivity index (χ1n) is 24.8. The zero-order chi connectivity index (χ0) is 49.0. The summed E-state index contributed by atoms with van der Waals surface area (Å²) in [5.74, 6) is -2.57. The number of aliphatic hydroxyl groups excluding tert-OH is 1. The van der Waals surface area contributed by atoms with Crippen LogP contribution in [0.5, 0.6) is 5.75 Å². The van der Waals surface area contributed by atoms with Crippen LogP contribution in [0.2, 0.25) is 0 Å². The van der Waals surface area contributed by atoms with Crippen LogP contribution in [0.15, 0.2) is 48.6 Å². The van der Waals surface area contributed by atoms with Gasteiger partial charge in [0.15, 0.2) is 6.10 Å². The second-order valence-electron chi connectivity index (χ2n) is 21.0. The first-order valence-corrected chi connectivity index (χ1v) is 24.8. The van der Waals surface area contributed by atoms with E-state index < -0.39 is 88.1 Å². The molecule has 17 nitrogen and oxygen atoms in total. The van der Waals surface area contributed by atoms with Crippen molar-refractivity contribution in [2.75, 3.05) is 79.2 Å². The third-order valence-electron chi connectivity index (χ3n) is 17.9. The molecule has 4 unspecified atom stereocenters. The van der Waals surface area contributed by atoms with Crippen molar-refractivity contribution in [1.82, 2.24) is 19.7 Å². The number of amides is 1. The summed E-state index contributed by atoms with van der Waals surface area (Å²) in [6, 6.07) is 8.24. The number of aliphatic hydroxyl groups is 3. The number of methoxy groups -OCH3 is 3. The van der Waals surface area contributed by atoms with Gasteiger partial charge in [0.05, 0.1) is 39.6 Å². The Bertz CT molecular complexity index is 2600. The molecule has 6 N–H and O–H groups in total. The Hall–Kier alpha value is -5.04. The van der Waals surface area contributed by atoms with Crippen LogP contribution >= 0.6 is 0 Å². The third kappa shape index (κ3) is 6.55. The molecule has 12 atom stereocenters. The molecule has 2 aromatic carbocycles. The summed E-state index contributed by atoms with van der Waals surface area (Å²) >= 11 is 0. The SMILES string of the molecule is CC[C@]1(O)C[C@@H]2CN(CCc3c([nH]c4ccccc34)[C@@](C(=O)OC)(c3cc4c(cc3OC)N(C)C3C45CCN4CC=C[C@](CC)(C45)[C@@H](OC(=O)[C@@H]4CCCN4C(=O)[C@@H](N)CO)[C@]3(O)C(=O)OC)C2)C1. The number of likely N-dealkylation sites (N-methyl/N-ethyl adjacent to an activating group) is 1. The van der Waals surface area contributed by atoms with Gasteiger partial charge in [-0.1, -0.05) is 44.2 Å². The van der Waals surface area contributed by atoms with Crippen molar-refractivity contribution in [3.63, 3.8) is 0 Å². The Kier molecular flexibility index (Phi) is 11.8. The fraction of sp³-hybridized carbons (Fsp3) is 0.615. The number of nitrogens with two attached hydrogens (primary N) is 1. The highest BCUT2D eigenvalue weighted by molar-refractivity contribution is 5.95. The number of esters is 3. The average Bonchev–Trinajstić information content (AvgIpc) is 4.16. The minimum atomic E-state index is -2.50. The predicted octanol–water partition coefficient (Wildman–Crippen LogP) is 2.28. The molecule has 1 aromatic heterocycles. The standard InChI is InChI=1S/C52H68N6O11/c1-7-48(64)25-30-26-51(46(62)67-5,40-32(16-21-56(27-30)29-48)31-13-9-10-14-36(31)54-40)34-23-33-38(24-39(34)66-4)55(3)44-50(33)18-22-57-19-12-17-49(8-2,43(50)57)45(52(44,65)47(63)68-6)69-42(61)37-15-11-20-58(37)41(60)35(53)28-59/h9-10,12-14,17,23-24,30,35,37,43-45,54,59,64-65H,7-8,11,15-16,18-22,25-29,53H2,1-6H3/t30-,35-,37-,43?,44?,45+,48-,49+,50?,51-,52-/m0/s1. The average molecular weight is 953 g/mol. The first-order chi connectivity index (χ1) is 33.1. The lowest BCUT2D eigenvalue weighted by Gasteiger charge is -2.63. The second kappa shape index (κ2) is 17.1. The second-order valence-corrected chi connectivity index (χ2v) is 21.0. The maximum atomic E-state index is 15.5. The van der Waals surface area contributed by atoms with Crippen molar-refractivity contribution in [1.29, 1.82) is 0 Å². The summed E-state index contributed by atoms with van der Waals surface area (Å²) in [5.41, 5.74) is 3.42. The van der Waals surface area contributed by atoms with Gasteiger partial charge in [-0.3, -0.25) is 19.4 Å². The molecule has 4 fully saturated rings. The highest BCUT2D eigenvalue weighted by Gasteiger charge is 2.80. The molecule has 0 radical (unpaired) electrons. The molecule has 1 amide bonds. The normalized spacial score (nSPS) is 36.0. The highest BCUT2D eigenvalue weighted by Crippen LogP contribution is 2.68. The van der Waals surface area contributed by atoms with Gasteiger partial charge in [0.2, 0.25) is 11.5 Å². The van der Waals surface area contributed by atoms with Gasteiger partial charge in [-0.25, -0.2) is 9.59 Å². The molecule has 17 heteroatoms. The number of anilines is 1. The monoisotopic (exact) mass is 952 g/mol. The number of carbonyl (C=O) groups excluding carboxylic acids is 4. The summed E-state index contributed by atoms with van der Waals surface area (Å²) in [5, 5.41) is 36.7. The van der Waals surface area contributed by atoms with Crippen molar-refractivity contribution in [2.24, 2.45) is 17.1 Å². The number of nitrogens with one attached hydrogen (secondary N) is 1. The summed E-state index contributed by atoms with van der Waals surface area (Å²) < 4.78 is 24.6. The van der Waals surface area contributed by atoms with Crippen LogP contribution in [0.1, 0.15) is 81.2 Å². The Labute approximate surface area is 402 Å². The van der Waals surface area contributed by atoms with Crippen LogP contribution in [0.3, 0.4) is 0 Å². The van der Waals surface area contributed by atoms with Gasteiger partial charge in [0.1, 0.15) is 23.2 Å². The van der Waals surface area contributed by atoms with E-state index in [4.69, 9.17) is 24.7 Å². The molecule has 7 heterocycles. The van der Waals surface area contributed by atoms with Gasteiger partial charge in [-0.05, 0) is 87.1 Å². The number of fused-ring (bicyclic) bond motifs is 6. The van der Waals surface area contributed by atoms with Crippen LogP contribution in [-0.4, -0.2) is 175 Å². The van der Waals surface area contributed by atoms with Gasteiger partial charge in [0, 0.05) is 90.6 Å². The molecule has 372 valence electrons.